The maximum absolute atomic E-state index is 11.1. The molecule has 0 saturated carbocycles. The van der Waals surface area contributed by atoms with Gasteiger partial charge in [0, 0.05) is 11.1 Å². The number of ketones is 1. The number of carboxylic acid groups (broad SMARTS) is 1. The van der Waals surface area contributed by atoms with Crippen molar-refractivity contribution < 1.29 is 24.6 Å². The fourth-order valence-corrected chi connectivity index (χ4v) is 1.10. The van der Waals surface area contributed by atoms with Gasteiger partial charge >= 0.3 is 5.97 Å². The molecule has 0 atom stereocenters. The van der Waals surface area contributed by atoms with E-state index in [2.05, 4.69) is 0 Å². The van der Waals surface area contributed by atoms with Crippen LogP contribution in [0.3, 0.4) is 0 Å². The SMILES string of the molecule is O=Cc1cc(C(=O)O)cc(C(=O)CO)c1. The third-order valence-electron chi connectivity index (χ3n) is 1.80. The average Bonchev–Trinajstić information content (AvgIpc) is 2.27. The van der Waals surface area contributed by atoms with Gasteiger partial charge in [-0.3, -0.25) is 9.59 Å². The van der Waals surface area contributed by atoms with E-state index >= 15 is 0 Å². The fraction of sp³-hybridized carbons (Fsp3) is 0.100. The second-order valence-corrected chi connectivity index (χ2v) is 2.85. The first-order valence-electron chi connectivity index (χ1n) is 4.06. The number of benzene rings is 1. The highest BCUT2D eigenvalue weighted by Crippen LogP contribution is 2.10. The molecule has 1 aromatic carbocycles. The van der Waals surface area contributed by atoms with Gasteiger partial charge in [-0.2, -0.15) is 0 Å². The third-order valence-corrected chi connectivity index (χ3v) is 1.80. The second-order valence-electron chi connectivity index (χ2n) is 2.85. The summed E-state index contributed by atoms with van der Waals surface area (Å²) < 4.78 is 0. The van der Waals surface area contributed by atoms with E-state index in [0.29, 0.717) is 6.29 Å². The highest BCUT2D eigenvalue weighted by atomic mass is 16.4. The van der Waals surface area contributed by atoms with Gasteiger partial charge in [0.05, 0.1) is 5.56 Å². The molecule has 0 heterocycles. The monoisotopic (exact) mass is 208 g/mol. The largest absolute Gasteiger partial charge is 0.478 e. The van der Waals surface area contributed by atoms with Gasteiger partial charge in [0.2, 0.25) is 0 Å². The van der Waals surface area contributed by atoms with Crippen molar-refractivity contribution in [2.24, 2.45) is 0 Å². The Morgan fingerprint density at radius 2 is 1.80 bits per heavy atom. The predicted octanol–water partition coefficient (Wildman–Crippen LogP) is 0.372. The van der Waals surface area contributed by atoms with Crippen LogP contribution < -0.4 is 0 Å². The van der Waals surface area contributed by atoms with Crippen LogP contribution in [0, 0.1) is 0 Å². The smallest absolute Gasteiger partial charge is 0.335 e. The number of aliphatic hydroxyl groups is 1. The quantitative estimate of drug-likeness (QED) is 0.551. The molecule has 1 rings (SSSR count). The Kier molecular flexibility index (Phi) is 3.30. The summed E-state index contributed by atoms with van der Waals surface area (Å²) in [4.78, 5) is 32.2. The van der Waals surface area contributed by atoms with Crippen molar-refractivity contribution in [1.29, 1.82) is 0 Å². The molecule has 78 valence electrons. The number of carbonyl (C=O) groups excluding carboxylic acids is 2. The number of hydrogen-bond acceptors (Lipinski definition) is 4. The van der Waals surface area contributed by atoms with E-state index in [1.807, 2.05) is 0 Å². The van der Waals surface area contributed by atoms with Gasteiger partial charge in [0.15, 0.2) is 5.78 Å². The lowest BCUT2D eigenvalue weighted by molar-refractivity contribution is 0.0697. The van der Waals surface area contributed by atoms with E-state index in [4.69, 9.17) is 10.2 Å². The standard InChI is InChI=1S/C10H8O5/c11-4-6-1-7(9(13)5-12)3-8(2-6)10(14)15/h1-4,12H,5H2,(H,14,15). The number of carboxylic acids is 1. The van der Waals surface area contributed by atoms with Crippen LogP contribution in [-0.2, 0) is 0 Å². The number of Topliss-reactive ketones (excluding diaryl/α,β-unsaturated/α-hetero) is 1. The molecular formula is C10H8O5. The molecule has 0 aliphatic carbocycles. The van der Waals surface area contributed by atoms with Crippen LogP contribution in [0.2, 0.25) is 0 Å². The van der Waals surface area contributed by atoms with E-state index < -0.39 is 18.4 Å². The number of aliphatic hydroxyl groups excluding tert-OH is 1. The molecule has 0 radical (unpaired) electrons. The Morgan fingerprint density at radius 1 is 1.20 bits per heavy atom. The summed E-state index contributed by atoms with van der Waals surface area (Å²) in [6, 6.07) is 3.51. The van der Waals surface area contributed by atoms with Gasteiger partial charge in [0.1, 0.15) is 12.9 Å². The first kappa shape index (κ1) is 11.1. The minimum absolute atomic E-state index is 0.0134. The van der Waals surface area contributed by atoms with Gasteiger partial charge < -0.3 is 10.2 Å². The van der Waals surface area contributed by atoms with Crippen LogP contribution in [0.4, 0.5) is 0 Å². The third kappa shape index (κ3) is 2.47. The van der Waals surface area contributed by atoms with Gasteiger partial charge in [-0.15, -0.1) is 0 Å². The zero-order valence-corrected chi connectivity index (χ0v) is 7.64. The Bertz CT molecular complexity index is 422. The second kappa shape index (κ2) is 4.47. The van der Waals surface area contributed by atoms with E-state index in [-0.39, 0.29) is 16.7 Å². The molecule has 0 saturated heterocycles. The van der Waals surface area contributed by atoms with Crippen molar-refractivity contribution in [2.45, 2.75) is 0 Å². The lowest BCUT2D eigenvalue weighted by Gasteiger charge is -2.01. The predicted molar refractivity (Wildman–Crippen MR) is 50.2 cm³/mol. The summed E-state index contributed by atoms with van der Waals surface area (Å²) in [5.74, 6) is -1.85. The summed E-state index contributed by atoms with van der Waals surface area (Å²) in [7, 11) is 0. The van der Waals surface area contributed by atoms with Crippen molar-refractivity contribution in [3.05, 3.63) is 34.9 Å². The van der Waals surface area contributed by atoms with Crippen LogP contribution in [0.5, 0.6) is 0 Å². The number of rotatable bonds is 4. The zero-order valence-electron chi connectivity index (χ0n) is 7.64. The minimum Gasteiger partial charge on any atom is -0.478 e. The van der Waals surface area contributed by atoms with Gasteiger partial charge in [-0.25, -0.2) is 4.79 Å². The molecule has 5 heteroatoms. The number of hydrogen-bond donors (Lipinski definition) is 2. The lowest BCUT2D eigenvalue weighted by atomic mass is 10.0. The normalized spacial score (nSPS) is 9.67. The van der Waals surface area contributed by atoms with Crippen LogP contribution in [0.1, 0.15) is 31.1 Å². The van der Waals surface area contributed by atoms with Gasteiger partial charge in [0.25, 0.3) is 0 Å². The van der Waals surface area contributed by atoms with Crippen LogP contribution in [-0.4, -0.2) is 34.9 Å². The molecule has 0 aliphatic rings. The molecule has 5 nitrogen and oxygen atoms in total. The maximum atomic E-state index is 11.1. The summed E-state index contributed by atoms with van der Waals surface area (Å²) in [6.07, 6.45) is 0.445. The van der Waals surface area contributed by atoms with Crippen molar-refractivity contribution in [2.75, 3.05) is 6.61 Å². The van der Waals surface area contributed by atoms with Crippen molar-refractivity contribution in [1.82, 2.24) is 0 Å². The Labute approximate surface area is 85.0 Å². The molecule has 0 amide bonds. The maximum Gasteiger partial charge on any atom is 0.335 e. The molecule has 15 heavy (non-hydrogen) atoms. The summed E-state index contributed by atoms with van der Waals surface area (Å²) in [6.45, 7) is -0.721. The summed E-state index contributed by atoms with van der Waals surface area (Å²) >= 11 is 0. The Hall–Kier alpha value is -2.01. The number of aromatic carboxylic acids is 1. The molecule has 1 aromatic rings. The molecule has 0 aliphatic heterocycles. The first-order chi connectivity index (χ1) is 7.08. The highest BCUT2D eigenvalue weighted by Gasteiger charge is 2.11. The average molecular weight is 208 g/mol. The molecule has 0 spiro atoms. The number of carbonyl (C=O) groups is 3. The topological polar surface area (TPSA) is 91.7 Å². The molecule has 0 bridgehead atoms. The van der Waals surface area contributed by atoms with E-state index in [9.17, 15) is 14.4 Å². The molecule has 0 fully saturated rings. The van der Waals surface area contributed by atoms with E-state index in [0.717, 1.165) is 12.1 Å². The van der Waals surface area contributed by atoms with Crippen molar-refractivity contribution >= 4 is 18.0 Å². The van der Waals surface area contributed by atoms with Crippen molar-refractivity contribution in [3.8, 4) is 0 Å². The summed E-state index contributed by atoms with van der Waals surface area (Å²) in [5.41, 5.74) is -0.0531. The van der Waals surface area contributed by atoms with Gasteiger partial charge in [-0.1, -0.05) is 0 Å². The molecule has 0 aromatic heterocycles. The van der Waals surface area contributed by atoms with Crippen molar-refractivity contribution in [3.63, 3.8) is 0 Å². The Balaban J connectivity index is 3.28. The minimum atomic E-state index is -1.23. The highest BCUT2D eigenvalue weighted by molar-refractivity contribution is 6.01. The van der Waals surface area contributed by atoms with E-state index in [1.165, 1.54) is 6.07 Å². The zero-order chi connectivity index (χ0) is 11.4. The molecule has 0 unspecified atom stereocenters. The number of aldehydes is 1. The first-order valence-corrected chi connectivity index (χ1v) is 4.06. The van der Waals surface area contributed by atoms with E-state index in [1.54, 1.807) is 0 Å². The fourth-order valence-electron chi connectivity index (χ4n) is 1.10. The van der Waals surface area contributed by atoms with Gasteiger partial charge in [-0.05, 0) is 18.2 Å². The van der Waals surface area contributed by atoms with Crippen LogP contribution in [0.15, 0.2) is 18.2 Å². The Morgan fingerprint density at radius 3 is 2.27 bits per heavy atom. The van der Waals surface area contributed by atoms with Crippen LogP contribution in [0.25, 0.3) is 0 Å². The van der Waals surface area contributed by atoms with Crippen LogP contribution >= 0.6 is 0 Å². The lowest BCUT2D eigenvalue weighted by Crippen LogP contribution is -2.07. The molecule has 2 N–H and O–H groups in total. The summed E-state index contributed by atoms with van der Waals surface area (Å²) in [5, 5.41) is 17.3. The molecular weight excluding hydrogens is 200 g/mol.